The molecule has 1 saturated heterocycles. The second-order valence-corrected chi connectivity index (χ2v) is 4.55. The molecule has 3 atom stereocenters. The van der Waals surface area contributed by atoms with Crippen LogP contribution in [0.1, 0.15) is 31.7 Å². The van der Waals surface area contributed by atoms with Crippen LogP contribution in [0.5, 0.6) is 0 Å². The molecule has 14 heavy (non-hydrogen) atoms. The van der Waals surface area contributed by atoms with E-state index < -0.39 is 0 Å². The number of aromatic nitrogens is 2. The van der Waals surface area contributed by atoms with Crippen molar-refractivity contribution >= 4 is 0 Å². The molecular weight excluding hydrogens is 174 g/mol. The van der Waals surface area contributed by atoms with Gasteiger partial charge in [0.2, 0.25) is 0 Å². The van der Waals surface area contributed by atoms with E-state index in [4.69, 9.17) is 0 Å². The van der Waals surface area contributed by atoms with Gasteiger partial charge in [-0.25, -0.2) is 0 Å². The minimum Gasteiger partial charge on any atom is -0.313 e. The smallest absolute Gasteiger partial charge is 0.0524 e. The highest BCUT2D eigenvalue weighted by atomic mass is 15.2. The third-order valence-corrected chi connectivity index (χ3v) is 3.39. The molecule has 1 aromatic rings. The average Bonchev–Trinajstić information content (AvgIpc) is 2.57. The van der Waals surface area contributed by atoms with E-state index in [0.29, 0.717) is 12.0 Å². The fourth-order valence-electron chi connectivity index (χ4n) is 2.17. The van der Waals surface area contributed by atoms with Crippen molar-refractivity contribution in [2.75, 3.05) is 6.54 Å². The van der Waals surface area contributed by atoms with Gasteiger partial charge in [-0.1, -0.05) is 6.92 Å². The number of hydrogen-bond acceptors (Lipinski definition) is 2. The van der Waals surface area contributed by atoms with Crippen LogP contribution in [0.4, 0.5) is 0 Å². The van der Waals surface area contributed by atoms with Crippen LogP contribution in [-0.4, -0.2) is 22.4 Å². The van der Waals surface area contributed by atoms with Crippen molar-refractivity contribution < 1.29 is 0 Å². The first kappa shape index (κ1) is 9.71. The van der Waals surface area contributed by atoms with Crippen molar-refractivity contribution in [2.24, 2.45) is 13.0 Å². The summed E-state index contributed by atoms with van der Waals surface area (Å²) in [4.78, 5) is 0. The van der Waals surface area contributed by atoms with Crippen LogP contribution >= 0.6 is 0 Å². The van der Waals surface area contributed by atoms with Crippen molar-refractivity contribution in [2.45, 2.75) is 32.2 Å². The lowest BCUT2D eigenvalue weighted by Gasteiger charge is -2.32. The molecule has 1 aliphatic rings. The minimum atomic E-state index is 0.648. The van der Waals surface area contributed by atoms with Crippen LogP contribution < -0.4 is 5.32 Å². The molecule has 0 bridgehead atoms. The summed E-state index contributed by atoms with van der Waals surface area (Å²) >= 11 is 0. The Morgan fingerprint density at radius 2 is 2.29 bits per heavy atom. The van der Waals surface area contributed by atoms with E-state index in [0.717, 1.165) is 12.5 Å². The van der Waals surface area contributed by atoms with Crippen molar-refractivity contribution in [3.8, 4) is 0 Å². The largest absolute Gasteiger partial charge is 0.313 e. The summed E-state index contributed by atoms with van der Waals surface area (Å²) in [5, 5.41) is 7.78. The van der Waals surface area contributed by atoms with Crippen LogP contribution in [0.2, 0.25) is 0 Å². The highest BCUT2D eigenvalue weighted by Crippen LogP contribution is 2.28. The summed E-state index contributed by atoms with van der Waals surface area (Å²) in [5.41, 5.74) is 1.37. The normalized spacial score (nSPS) is 33.2. The van der Waals surface area contributed by atoms with Gasteiger partial charge in [0, 0.05) is 25.8 Å². The molecule has 0 saturated carbocycles. The van der Waals surface area contributed by atoms with E-state index in [1.807, 2.05) is 17.9 Å². The molecule has 3 nitrogen and oxygen atoms in total. The van der Waals surface area contributed by atoms with Crippen molar-refractivity contribution in [3.05, 3.63) is 18.0 Å². The lowest BCUT2D eigenvalue weighted by molar-refractivity contribution is 0.289. The predicted octanol–water partition coefficient (Wildman–Crippen LogP) is 1.52. The minimum absolute atomic E-state index is 0.648. The molecule has 1 fully saturated rings. The summed E-state index contributed by atoms with van der Waals surface area (Å²) in [6.07, 6.45) is 5.41. The first-order chi connectivity index (χ1) is 6.66. The molecule has 0 aromatic carbocycles. The SMILES string of the molecule is CC1CC(c2cnn(C)c2)CNC1C. The van der Waals surface area contributed by atoms with Gasteiger partial charge in [-0.2, -0.15) is 5.10 Å². The second kappa shape index (κ2) is 3.73. The Labute approximate surface area is 85.5 Å². The molecule has 2 heterocycles. The molecule has 3 heteroatoms. The summed E-state index contributed by atoms with van der Waals surface area (Å²) in [6.45, 7) is 5.68. The zero-order valence-electron chi connectivity index (χ0n) is 9.20. The summed E-state index contributed by atoms with van der Waals surface area (Å²) < 4.78 is 1.89. The van der Waals surface area contributed by atoms with E-state index in [9.17, 15) is 0 Å². The maximum Gasteiger partial charge on any atom is 0.0524 e. The van der Waals surface area contributed by atoms with Gasteiger partial charge in [0.25, 0.3) is 0 Å². The molecule has 2 rings (SSSR count). The fraction of sp³-hybridized carbons (Fsp3) is 0.727. The molecule has 78 valence electrons. The van der Waals surface area contributed by atoms with Gasteiger partial charge < -0.3 is 5.32 Å². The number of piperidine rings is 1. The molecule has 0 radical (unpaired) electrons. The molecule has 3 unspecified atom stereocenters. The van der Waals surface area contributed by atoms with Crippen molar-refractivity contribution in [1.82, 2.24) is 15.1 Å². The monoisotopic (exact) mass is 193 g/mol. The first-order valence-electron chi connectivity index (χ1n) is 5.38. The van der Waals surface area contributed by atoms with Crippen LogP contribution in [0.25, 0.3) is 0 Å². The number of rotatable bonds is 1. The number of hydrogen-bond donors (Lipinski definition) is 1. The van der Waals surface area contributed by atoms with Gasteiger partial charge in [-0.15, -0.1) is 0 Å². The van der Waals surface area contributed by atoms with Crippen LogP contribution in [0.3, 0.4) is 0 Å². The van der Waals surface area contributed by atoms with Gasteiger partial charge in [0.15, 0.2) is 0 Å². The van der Waals surface area contributed by atoms with Gasteiger partial charge >= 0.3 is 0 Å². The van der Waals surface area contributed by atoms with Crippen LogP contribution in [0, 0.1) is 5.92 Å². The molecule has 1 aliphatic heterocycles. The van der Waals surface area contributed by atoms with E-state index in [1.165, 1.54) is 12.0 Å². The van der Waals surface area contributed by atoms with Crippen molar-refractivity contribution in [3.63, 3.8) is 0 Å². The summed E-state index contributed by atoms with van der Waals surface area (Å²) in [7, 11) is 1.98. The van der Waals surface area contributed by atoms with Crippen LogP contribution in [-0.2, 0) is 7.05 Å². The van der Waals surface area contributed by atoms with E-state index >= 15 is 0 Å². The molecule has 1 aromatic heterocycles. The van der Waals surface area contributed by atoms with E-state index in [2.05, 4.69) is 30.5 Å². The number of nitrogens with zero attached hydrogens (tertiary/aromatic N) is 2. The summed E-state index contributed by atoms with van der Waals surface area (Å²) in [5.74, 6) is 1.41. The van der Waals surface area contributed by atoms with Crippen molar-refractivity contribution in [1.29, 1.82) is 0 Å². The number of aryl methyl sites for hydroxylation is 1. The highest BCUT2D eigenvalue weighted by Gasteiger charge is 2.25. The van der Waals surface area contributed by atoms with E-state index in [1.54, 1.807) is 0 Å². The number of nitrogens with one attached hydrogen (secondary N) is 1. The Morgan fingerprint density at radius 1 is 1.50 bits per heavy atom. The quantitative estimate of drug-likeness (QED) is 0.733. The Kier molecular flexibility index (Phi) is 2.59. The van der Waals surface area contributed by atoms with E-state index in [-0.39, 0.29) is 0 Å². The molecule has 0 amide bonds. The third-order valence-electron chi connectivity index (χ3n) is 3.39. The van der Waals surface area contributed by atoms with Crippen LogP contribution in [0.15, 0.2) is 12.4 Å². The molecule has 0 aliphatic carbocycles. The molecular formula is C11H19N3. The fourth-order valence-corrected chi connectivity index (χ4v) is 2.17. The maximum atomic E-state index is 4.22. The van der Waals surface area contributed by atoms with Gasteiger partial charge in [0.1, 0.15) is 0 Å². The zero-order chi connectivity index (χ0) is 10.1. The first-order valence-corrected chi connectivity index (χ1v) is 5.38. The lowest BCUT2D eigenvalue weighted by atomic mass is 9.84. The standard InChI is InChI=1S/C11H19N3/c1-8-4-10(5-12-9(8)2)11-6-13-14(3)7-11/h6-10,12H,4-5H2,1-3H3. The second-order valence-electron chi connectivity index (χ2n) is 4.55. The maximum absolute atomic E-state index is 4.22. The Bertz CT molecular complexity index is 305. The molecule has 0 spiro atoms. The highest BCUT2D eigenvalue weighted by molar-refractivity contribution is 5.13. The Hall–Kier alpha value is -0.830. The third kappa shape index (κ3) is 1.82. The van der Waals surface area contributed by atoms with Gasteiger partial charge in [-0.3, -0.25) is 4.68 Å². The van der Waals surface area contributed by atoms with Gasteiger partial charge in [-0.05, 0) is 30.7 Å². The topological polar surface area (TPSA) is 29.9 Å². The Balaban J connectivity index is 2.06. The lowest BCUT2D eigenvalue weighted by Crippen LogP contribution is -2.41. The van der Waals surface area contributed by atoms with Gasteiger partial charge in [0.05, 0.1) is 6.20 Å². The Morgan fingerprint density at radius 3 is 2.86 bits per heavy atom. The predicted molar refractivity (Wildman–Crippen MR) is 57.2 cm³/mol. The zero-order valence-corrected chi connectivity index (χ0v) is 9.20. The average molecular weight is 193 g/mol. The summed E-state index contributed by atoms with van der Waals surface area (Å²) in [6, 6.07) is 0.655. The molecule has 1 N–H and O–H groups in total.